The highest BCUT2D eigenvalue weighted by atomic mass is 16.5. The molecule has 0 bridgehead atoms. The van der Waals surface area contributed by atoms with Crippen LogP contribution in [-0.2, 0) is 4.74 Å². The van der Waals surface area contributed by atoms with E-state index in [1.54, 1.807) is 0 Å². The van der Waals surface area contributed by atoms with Crippen LogP contribution in [0.1, 0.15) is 45.2 Å². The second-order valence-corrected chi connectivity index (χ2v) is 6.01. The summed E-state index contributed by atoms with van der Waals surface area (Å²) in [5.74, 6) is 0.736. The van der Waals surface area contributed by atoms with Crippen molar-refractivity contribution in [1.29, 1.82) is 0 Å². The molecule has 0 radical (unpaired) electrons. The lowest BCUT2D eigenvalue weighted by Crippen LogP contribution is -2.38. The molecule has 0 spiro atoms. The van der Waals surface area contributed by atoms with E-state index in [0.29, 0.717) is 6.04 Å². The third-order valence-corrected chi connectivity index (χ3v) is 3.81. The smallest absolute Gasteiger partial charge is 0.0629 e. The molecule has 1 aromatic rings. The van der Waals surface area contributed by atoms with E-state index in [4.69, 9.17) is 4.74 Å². The van der Waals surface area contributed by atoms with E-state index < -0.39 is 0 Å². The van der Waals surface area contributed by atoms with Crippen LogP contribution in [0.5, 0.6) is 0 Å². The molecule has 0 saturated carbocycles. The second kappa shape index (κ2) is 5.85. The Morgan fingerprint density at radius 3 is 2.72 bits per heavy atom. The van der Waals surface area contributed by atoms with Crippen molar-refractivity contribution in [2.45, 2.75) is 45.3 Å². The first-order chi connectivity index (χ1) is 8.57. The minimum Gasteiger partial charge on any atom is -0.376 e. The van der Waals surface area contributed by atoms with Gasteiger partial charge in [0.1, 0.15) is 0 Å². The summed E-state index contributed by atoms with van der Waals surface area (Å²) in [5.41, 5.74) is 1.42. The van der Waals surface area contributed by atoms with Gasteiger partial charge in [0.05, 0.1) is 5.60 Å². The Balaban J connectivity index is 1.81. The van der Waals surface area contributed by atoms with E-state index in [2.05, 4.69) is 56.4 Å². The predicted octanol–water partition coefficient (Wildman–Crippen LogP) is 3.54. The van der Waals surface area contributed by atoms with Gasteiger partial charge in [-0.1, -0.05) is 30.3 Å². The van der Waals surface area contributed by atoms with Crippen molar-refractivity contribution < 1.29 is 4.74 Å². The molecule has 0 unspecified atom stereocenters. The lowest BCUT2D eigenvalue weighted by molar-refractivity contribution is -0.0720. The van der Waals surface area contributed by atoms with Gasteiger partial charge in [0, 0.05) is 12.6 Å². The summed E-state index contributed by atoms with van der Waals surface area (Å²) in [7, 11) is 0. The molecule has 1 aliphatic heterocycles. The number of hydrogen-bond acceptors (Lipinski definition) is 2. The van der Waals surface area contributed by atoms with Crippen LogP contribution in [0.4, 0.5) is 0 Å². The van der Waals surface area contributed by atoms with Gasteiger partial charge in [0.2, 0.25) is 0 Å². The molecule has 1 aliphatic rings. The van der Waals surface area contributed by atoms with Gasteiger partial charge in [-0.05, 0) is 51.6 Å². The molecule has 1 N–H and O–H groups in total. The molecule has 2 atom stereocenters. The summed E-state index contributed by atoms with van der Waals surface area (Å²) in [6, 6.07) is 11.1. The van der Waals surface area contributed by atoms with Crippen LogP contribution in [0.25, 0.3) is 0 Å². The standard InChI is InChI=1S/C16H25NO/c1-13(15-7-5-4-6-8-15)17-12-14-9-10-18-16(2,3)11-14/h4-8,13-14,17H,9-12H2,1-3H3/t13-,14+/m1/s1. The van der Waals surface area contributed by atoms with Gasteiger partial charge in [-0.3, -0.25) is 0 Å². The maximum atomic E-state index is 5.76. The Morgan fingerprint density at radius 2 is 2.06 bits per heavy atom. The fraction of sp³-hybridized carbons (Fsp3) is 0.625. The molecule has 1 saturated heterocycles. The maximum Gasteiger partial charge on any atom is 0.0629 e. The van der Waals surface area contributed by atoms with Crippen molar-refractivity contribution in [3.63, 3.8) is 0 Å². The van der Waals surface area contributed by atoms with Crippen LogP contribution in [0, 0.1) is 5.92 Å². The Hall–Kier alpha value is -0.860. The quantitative estimate of drug-likeness (QED) is 0.878. The van der Waals surface area contributed by atoms with Crippen LogP contribution in [0.3, 0.4) is 0 Å². The van der Waals surface area contributed by atoms with E-state index in [0.717, 1.165) is 25.5 Å². The fourth-order valence-corrected chi connectivity index (χ4v) is 2.74. The first kappa shape index (κ1) is 13.6. The molecule has 18 heavy (non-hydrogen) atoms. The molecule has 1 aromatic carbocycles. The van der Waals surface area contributed by atoms with Gasteiger partial charge in [0.25, 0.3) is 0 Å². The van der Waals surface area contributed by atoms with Crippen LogP contribution >= 0.6 is 0 Å². The first-order valence-corrected chi connectivity index (χ1v) is 6.99. The first-order valence-electron chi connectivity index (χ1n) is 6.99. The maximum absolute atomic E-state index is 5.76. The predicted molar refractivity (Wildman–Crippen MR) is 75.6 cm³/mol. The fourth-order valence-electron chi connectivity index (χ4n) is 2.74. The molecule has 2 nitrogen and oxygen atoms in total. The highest BCUT2D eigenvalue weighted by Crippen LogP contribution is 2.28. The summed E-state index contributed by atoms with van der Waals surface area (Å²) in [5, 5.41) is 3.65. The molecule has 0 aromatic heterocycles. The molecule has 100 valence electrons. The summed E-state index contributed by atoms with van der Waals surface area (Å²) < 4.78 is 5.76. The Bertz CT molecular complexity index is 361. The second-order valence-electron chi connectivity index (χ2n) is 6.01. The van der Waals surface area contributed by atoms with Gasteiger partial charge in [-0.15, -0.1) is 0 Å². The van der Waals surface area contributed by atoms with Crippen LogP contribution in [0.2, 0.25) is 0 Å². The van der Waals surface area contributed by atoms with E-state index in [9.17, 15) is 0 Å². The lowest BCUT2D eigenvalue weighted by Gasteiger charge is -2.36. The molecular formula is C16H25NO. The summed E-state index contributed by atoms with van der Waals surface area (Å²) in [6.45, 7) is 8.61. The minimum atomic E-state index is 0.0561. The van der Waals surface area contributed by atoms with Crippen LogP contribution < -0.4 is 5.32 Å². The van der Waals surface area contributed by atoms with Crippen molar-refractivity contribution in [3.05, 3.63) is 35.9 Å². The summed E-state index contributed by atoms with van der Waals surface area (Å²) >= 11 is 0. The Labute approximate surface area is 111 Å². The van der Waals surface area contributed by atoms with Crippen molar-refractivity contribution >= 4 is 0 Å². The highest BCUT2D eigenvalue weighted by Gasteiger charge is 2.28. The summed E-state index contributed by atoms with van der Waals surface area (Å²) in [6.07, 6.45) is 2.33. The van der Waals surface area contributed by atoms with Crippen molar-refractivity contribution in [2.24, 2.45) is 5.92 Å². The van der Waals surface area contributed by atoms with Crippen molar-refractivity contribution in [2.75, 3.05) is 13.2 Å². The zero-order chi connectivity index (χ0) is 13.0. The van der Waals surface area contributed by atoms with E-state index in [-0.39, 0.29) is 5.60 Å². The van der Waals surface area contributed by atoms with Crippen LogP contribution in [-0.4, -0.2) is 18.8 Å². The number of rotatable bonds is 4. The average molecular weight is 247 g/mol. The third-order valence-electron chi connectivity index (χ3n) is 3.81. The van der Waals surface area contributed by atoms with E-state index >= 15 is 0 Å². The highest BCUT2D eigenvalue weighted by molar-refractivity contribution is 5.17. The van der Waals surface area contributed by atoms with Gasteiger partial charge < -0.3 is 10.1 Å². The van der Waals surface area contributed by atoms with E-state index in [1.807, 2.05) is 0 Å². The Morgan fingerprint density at radius 1 is 1.33 bits per heavy atom. The molecule has 1 heterocycles. The average Bonchev–Trinajstić information content (AvgIpc) is 2.36. The number of nitrogens with one attached hydrogen (secondary N) is 1. The molecular weight excluding hydrogens is 222 g/mol. The lowest BCUT2D eigenvalue weighted by atomic mass is 9.88. The minimum absolute atomic E-state index is 0.0561. The molecule has 2 rings (SSSR count). The van der Waals surface area contributed by atoms with Crippen molar-refractivity contribution in [3.8, 4) is 0 Å². The molecule has 2 heteroatoms. The monoisotopic (exact) mass is 247 g/mol. The van der Waals surface area contributed by atoms with E-state index in [1.165, 1.54) is 12.0 Å². The normalized spacial score (nSPS) is 24.7. The topological polar surface area (TPSA) is 21.3 Å². The molecule has 0 amide bonds. The molecule has 1 fully saturated rings. The van der Waals surface area contributed by atoms with Gasteiger partial charge in [-0.25, -0.2) is 0 Å². The zero-order valence-corrected chi connectivity index (χ0v) is 11.8. The third kappa shape index (κ3) is 3.82. The van der Waals surface area contributed by atoms with Crippen molar-refractivity contribution in [1.82, 2.24) is 5.32 Å². The van der Waals surface area contributed by atoms with Gasteiger partial charge in [-0.2, -0.15) is 0 Å². The zero-order valence-electron chi connectivity index (χ0n) is 11.8. The van der Waals surface area contributed by atoms with Crippen LogP contribution in [0.15, 0.2) is 30.3 Å². The van der Waals surface area contributed by atoms with Gasteiger partial charge >= 0.3 is 0 Å². The molecule has 0 aliphatic carbocycles. The Kier molecular flexibility index (Phi) is 4.41. The van der Waals surface area contributed by atoms with Gasteiger partial charge in [0.15, 0.2) is 0 Å². The summed E-state index contributed by atoms with van der Waals surface area (Å²) in [4.78, 5) is 0. The number of benzene rings is 1. The number of ether oxygens (including phenoxy) is 1. The largest absolute Gasteiger partial charge is 0.376 e. The number of hydrogen-bond donors (Lipinski definition) is 1. The SMILES string of the molecule is C[C@@H](NC[C@H]1CCOC(C)(C)C1)c1ccccc1.